The van der Waals surface area contributed by atoms with E-state index in [1.165, 1.54) is 42.5 Å². The van der Waals surface area contributed by atoms with Crippen LogP contribution in [0.25, 0.3) is 5.70 Å². The first-order chi connectivity index (χ1) is 13.7. The van der Waals surface area contributed by atoms with E-state index in [4.69, 9.17) is 4.74 Å². The van der Waals surface area contributed by atoms with Crippen LogP contribution >= 0.6 is 0 Å². The molecule has 1 aromatic carbocycles. The first kappa shape index (κ1) is 20.5. The Kier molecular flexibility index (Phi) is 7.55. The van der Waals surface area contributed by atoms with E-state index in [1.54, 1.807) is 0 Å². The van der Waals surface area contributed by atoms with Gasteiger partial charge in [-0.05, 0) is 62.2 Å². The predicted molar refractivity (Wildman–Crippen MR) is 117 cm³/mol. The molecule has 0 radical (unpaired) electrons. The molecule has 1 fully saturated rings. The summed E-state index contributed by atoms with van der Waals surface area (Å²) in [5, 5.41) is 9.19. The third-order valence-electron chi connectivity index (χ3n) is 5.85. The highest BCUT2D eigenvalue weighted by Crippen LogP contribution is 2.31. The number of aliphatic hydroxyl groups excluding tert-OH is 1. The van der Waals surface area contributed by atoms with Gasteiger partial charge in [-0.3, -0.25) is 0 Å². The van der Waals surface area contributed by atoms with E-state index < -0.39 is 0 Å². The molecule has 1 aliphatic carbocycles. The van der Waals surface area contributed by atoms with Crippen molar-refractivity contribution in [2.24, 2.45) is 0 Å². The van der Waals surface area contributed by atoms with Gasteiger partial charge >= 0.3 is 0 Å². The zero-order valence-corrected chi connectivity index (χ0v) is 17.1. The summed E-state index contributed by atoms with van der Waals surface area (Å²) in [5.74, 6) is 0.797. The topological polar surface area (TPSA) is 32.7 Å². The minimum atomic E-state index is -0.288. The van der Waals surface area contributed by atoms with Crippen LogP contribution in [0, 0.1) is 0 Å². The predicted octanol–water partition coefficient (Wildman–Crippen LogP) is 5.59. The van der Waals surface area contributed by atoms with Crippen LogP contribution in [0.1, 0.15) is 56.6 Å². The number of hydrogen-bond donors (Lipinski definition) is 1. The lowest BCUT2D eigenvalue weighted by atomic mass is 9.94. The number of benzene rings is 1. The highest BCUT2D eigenvalue weighted by Gasteiger charge is 2.23. The maximum atomic E-state index is 9.19. The molecule has 0 saturated carbocycles. The van der Waals surface area contributed by atoms with Crippen LogP contribution in [0.3, 0.4) is 0 Å². The van der Waals surface area contributed by atoms with Crippen molar-refractivity contribution in [2.75, 3.05) is 13.3 Å². The fourth-order valence-electron chi connectivity index (χ4n) is 4.30. The second kappa shape index (κ2) is 10.3. The van der Waals surface area contributed by atoms with Gasteiger partial charge in [-0.2, -0.15) is 0 Å². The van der Waals surface area contributed by atoms with Gasteiger partial charge in [0.25, 0.3) is 0 Å². The number of rotatable bonds is 8. The molecule has 1 atom stereocenters. The first-order valence-electron chi connectivity index (χ1n) is 10.6. The lowest BCUT2D eigenvalue weighted by Crippen LogP contribution is -2.37. The van der Waals surface area contributed by atoms with Crippen LogP contribution in [0.15, 0.2) is 66.5 Å². The molecule has 3 nitrogen and oxygen atoms in total. The number of piperidine rings is 1. The van der Waals surface area contributed by atoms with E-state index in [-0.39, 0.29) is 6.79 Å². The highest BCUT2D eigenvalue weighted by atomic mass is 16.6. The SMILES string of the molecule is C=C(c1ccccc1CCC1=CC=CCC=C1OCO)N1CCCCC1CC. The van der Waals surface area contributed by atoms with Crippen LogP contribution in [-0.4, -0.2) is 29.4 Å². The van der Waals surface area contributed by atoms with Crippen molar-refractivity contribution in [1.29, 1.82) is 0 Å². The lowest BCUT2D eigenvalue weighted by Gasteiger charge is -2.39. The molecule has 3 rings (SSSR count). The van der Waals surface area contributed by atoms with Gasteiger partial charge in [0, 0.05) is 23.8 Å². The Labute approximate surface area is 169 Å². The first-order valence-corrected chi connectivity index (χ1v) is 10.6. The lowest BCUT2D eigenvalue weighted by molar-refractivity contribution is 0.0451. The van der Waals surface area contributed by atoms with E-state index in [9.17, 15) is 5.11 Å². The number of nitrogens with zero attached hydrogens (tertiary/aromatic N) is 1. The maximum Gasteiger partial charge on any atom is 0.186 e. The second-order valence-corrected chi connectivity index (χ2v) is 7.55. The van der Waals surface area contributed by atoms with Gasteiger partial charge in [-0.25, -0.2) is 0 Å². The van der Waals surface area contributed by atoms with Gasteiger partial charge in [0.1, 0.15) is 5.76 Å². The quantitative estimate of drug-likeness (QED) is 0.598. The largest absolute Gasteiger partial charge is 0.468 e. The van der Waals surface area contributed by atoms with Gasteiger partial charge in [-0.1, -0.05) is 56.0 Å². The van der Waals surface area contributed by atoms with Gasteiger partial charge < -0.3 is 14.7 Å². The van der Waals surface area contributed by atoms with E-state index in [0.717, 1.165) is 37.1 Å². The summed E-state index contributed by atoms with van der Waals surface area (Å²) in [6, 6.07) is 9.26. The average molecular weight is 380 g/mol. The molecule has 0 aromatic heterocycles. The molecule has 28 heavy (non-hydrogen) atoms. The molecule has 0 spiro atoms. The summed E-state index contributed by atoms with van der Waals surface area (Å²) in [5.41, 5.74) is 4.89. The van der Waals surface area contributed by atoms with Crippen molar-refractivity contribution >= 4 is 5.70 Å². The summed E-state index contributed by atoms with van der Waals surface area (Å²) < 4.78 is 5.45. The summed E-state index contributed by atoms with van der Waals surface area (Å²) >= 11 is 0. The Balaban J connectivity index is 1.76. The molecule has 0 amide bonds. The second-order valence-electron chi connectivity index (χ2n) is 7.55. The number of aryl methyl sites for hydroxylation is 1. The van der Waals surface area contributed by atoms with Crippen LogP contribution in [0.4, 0.5) is 0 Å². The normalized spacial score (nSPS) is 19.6. The van der Waals surface area contributed by atoms with Crippen LogP contribution in [0.5, 0.6) is 0 Å². The summed E-state index contributed by atoms with van der Waals surface area (Å²) in [6.45, 7) is 7.60. The van der Waals surface area contributed by atoms with Gasteiger partial charge in [-0.15, -0.1) is 0 Å². The zero-order chi connectivity index (χ0) is 19.8. The average Bonchev–Trinajstić information content (AvgIpc) is 2.97. The van der Waals surface area contributed by atoms with Crippen molar-refractivity contribution in [3.8, 4) is 0 Å². The molecule has 1 unspecified atom stereocenters. The van der Waals surface area contributed by atoms with Gasteiger partial charge in [0.2, 0.25) is 0 Å². The third kappa shape index (κ3) is 4.96. The minimum Gasteiger partial charge on any atom is -0.468 e. The Bertz CT molecular complexity index is 760. The Morgan fingerprint density at radius 2 is 2.11 bits per heavy atom. The molecule has 1 aliphatic heterocycles. The molecule has 150 valence electrons. The third-order valence-corrected chi connectivity index (χ3v) is 5.85. The number of hydrogen-bond acceptors (Lipinski definition) is 3. The van der Waals surface area contributed by atoms with Crippen LogP contribution < -0.4 is 0 Å². The summed E-state index contributed by atoms with van der Waals surface area (Å²) in [4.78, 5) is 2.52. The van der Waals surface area contributed by atoms with Crippen molar-refractivity contribution in [2.45, 2.75) is 57.9 Å². The van der Waals surface area contributed by atoms with Gasteiger partial charge in [0.05, 0.1) is 0 Å². The molecule has 1 heterocycles. The Morgan fingerprint density at radius 3 is 2.93 bits per heavy atom. The molecular weight excluding hydrogens is 346 g/mol. The van der Waals surface area contributed by atoms with E-state index in [2.05, 4.69) is 60.9 Å². The number of aliphatic hydroxyl groups is 1. The molecule has 1 N–H and O–H groups in total. The molecule has 1 saturated heterocycles. The molecular formula is C25H33NO2. The van der Waals surface area contributed by atoms with Crippen molar-refractivity contribution in [3.05, 3.63) is 77.6 Å². The Morgan fingerprint density at radius 1 is 1.25 bits per heavy atom. The number of likely N-dealkylation sites (tertiary alicyclic amines) is 1. The van der Waals surface area contributed by atoms with E-state index in [1.807, 2.05) is 6.08 Å². The highest BCUT2D eigenvalue weighted by molar-refractivity contribution is 5.65. The molecule has 3 heteroatoms. The van der Waals surface area contributed by atoms with Gasteiger partial charge in [0.15, 0.2) is 6.79 Å². The Hall–Kier alpha value is -2.26. The van der Waals surface area contributed by atoms with Crippen LogP contribution in [0.2, 0.25) is 0 Å². The summed E-state index contributed by atoms with van der Waals surface area (Å²) in [7, 11) is 0. The zero-order valence-electron chi connectivity index (χ0n) is 17.1. The monoisotopic (exact) mass is 379 g/mol. The van der Waals surface area contributed by atoms with Crippen LogP contribution in [-0.2, 0) is 11.2 Å². The fraction of sp³-hybridized carbons (Fsp3) is 0.440. The maximum absolute atomic E-state index is 9.19. The number of ether oxygens (including phenoxy) is 1. The minimum absolute atomic E-state index is 0.288. The fourth-order valence-corrected chi connectivity index (χ4v) is 4.30. The van der Waals surface area contributed by atoms with E-state index in [0.29, 0.717) is 6.04 Å². The number of allylic oxidation sites excluding steroid dienone is 5. The molecule has 0 bridgehead atoms. The van der Waals surface area contributed by atoms with Crippen molar-refractivity contribution in [3.63, 3.8) is 0 Å². The van der Waals surface area contributed by atoms with E-state index >= 15 is 0 Å². The molecule has 1 aromatic rings. The standard InChI is InChI=1S/C25H33NO2/c1-3-23-13-9-10-18-26(23)20(2)24-14-8-7-11-21(24)16-17-22-12-5-4-6-15-25(22)28-19-27/h4-5,7-8,11-12,14-15,23,27H,2-3,6,9-10,13,16-19H2,1H3. The van der Waals surface area contributed by atoms with Crippen molar-refractivity contribution in [1.82, 2.24) is 4.90 Å². The smallest absolute Gasteiger partial charge is 0.186 e. The van der Waals surface area contributed by atoms with Crippen molar-refractivity contribution < 1.29 is 9.84 Å². The molecule has 2 aliphatic rings. The summed E-state index contributed by atoms with van der Waals surface area (Å²) in [6.07, 6.45) is 16.0.